The van der Waals surface area contributed by atoms with E-state index < -0.39 is 0 Å². The van der Waals surface area contributed by atoms with Crippen LogP contribution in [-0.4, -0.2) is 36.8 Å². The van der Waals surface area contributed by atoms with E-state index in [1.807, 2.05) is 90.0 Å². The maximum absolute atomic E-state index is 12.3. The van der Waals surface area contributed by atoms with Crippen molar-refractivity contribution in [2.45, 2.75) is 19.8 Å². The van der Waals surface area contributed by atoms with Crippen molar-refractivity contribution in [3.8, 4) is 5.82 Å². The Bertz CT molecular complexity index is 1430. The number of benzene rings is 2. The molecule has 0 saturated heterocycles. The SMILES string of the molecule is CCCNC(=O)Cc1cn(-c2ccc(Nc3nc4ccccc4n3C)nn2)c2ccccc12. The molecule has 2 N–H and O–H groups in total. The van der Waals surface area contributed by atoms with Crippen molar-refractivity contribution in [3.63, 3.8) is 0 Å². The molecule has 5 aromatic rings. The molecule has 5 rings (SSSR count). The largest absolute Gasteiger partial charge is 0.356 e. The molecule has 0 unspecified atom stereocenters. The second kappa shape index (κ2) is 8.74. The van der Waals surface area contributed by atoms with E-state index in [9.17, 15) is 4.79 Å². The van der Waals surface area contributed by atoms with Gasteiger partial charge in [-0.2, -0.15) is 0 Å². The molecular formula is C25H25N7O. The lowest BCUT2D eigenvalue weighted by Gasteiger charge is -2.07. The quantitative estimate of drug-likeness (QED) is 0.398. The number of imidazole rings is 1. The maximum atomic E-state index is 12.3. The minimum absolute atomic E-state index is 0.0211. The molecule has 0 saturated carbocycles. The average molecular weight is 440 g/mol. The molecule has 0 radical (unpaired) electrons. The van der Waals surface area contributed by atoms with Crippen molar-refractivity contribution >= 4 is 39.6 Å². The maximum Gasteiger partial charge on any atom is 0.224 e. The van der Waals surface area contributed by atoms with E-state index in [-0.39, 0.29) is 5.91 Å². The van der Waals surface area contributed by atoms with E-state index in [1.165, 1.54) is 0 Å². The van der Waals surface area contributed by atoms with Crippen LogP contribution < -0.4 is 10.6 Å². The zero-order valence-corrected chi connectivity index (χ0v) is 18.6. The number of amides is 1. The van der Waals surface area contributed by atoms with Crippen molar-refractivity contribution in [3.05, 3.63) is 72.4 Å². The van der Waals surface area contributed by atoms with E-state index in [4.69, 9.17) is 0 Å². The predicted molar refractivity (Wildman–Crippen MR) is 130 cm³/mol. The van der Waals surface area contributed by atoms with Crippen molar-refractivity contribution in [2.24, 2.45) is 7.05 Å². The highest BCUT2D eigenvalue weighted by atomic mass is 16.1. The number of carbonyl (C=O) groups excluding carboxylic acids is 1. The van der Waals surface area contributed by atoms with Crippen LogP contribution in [0.25, 0.3) is 27.8 Å². The molecule has 2 aromatic carbocycles. The summed E-state index contributed by atoms with van der Waals surface area (Å²) in [5.41, 5.74) is 3.91. The Morgan fingerprint density at radius 1 is 0.970 bits per heavy atom. The molecule has 0 aliphatic carbocycles. The Morgan fingerprint density at radius 3 is 2.52 bits per heavy atom. The molecule has 0 bridgehead atoms. The fraction of sp³-hybridized carbons (Fsp3) is 0.200. The summed E-state index contributed by atoms with van der Waals surface area (Å²) in [6.07, 6.45) is 3.21. The fourth-order valence-electron chi connectivity index (χ4n) is 3.97. The number of para-hydroxylation sites is 3. The summed E-state index contributed by atoms with van der Waals surface area (Å²) in [6, 6.07) is 19.8. The Hall–Kier alpha value is -4.20. The lowest BCUT2D eigenvalue weighted by Crippen LogP contribution is -2.25. The molecule has 33 heavy (non-hydrogen) atoms. The predicted octanol–water partition coefficient (Wildman–Crippen LogP) is 4.12. The van der Waals surface area contributed by atoms with Gasteiger partial charge in [-0.3, -0.25) is 9.36 Å². The van der Waals surface area contributed by atoms with Gasteiger partial charge in [0, 0.05) is 25.2 Å². The first-order chi connectivity index (χ1) is 16.1. The van der Waals surface area contributed by atoms with Gasteiger partial charge in [-0.1, -0.05) is 37.3 Å². The molecule has 1 amide bonds. The van der Waals surface area contributed by atoms with E-state index in [0.29, 0.717) is 30.5 Å². The van der Waals surface area contributed by atoms with Crippen LogP contribution in [0.15, 0.2) is 66.9 Å². The number of aromatic nitrogens is 5. The number of hydrogen-bond acceptors (Lipinski definition) is 5. The van der Waals surface area contributed by atoms with Crippen LogP contribution in [0.5, 0.6) is 0 Å². The van der Waals surface area contributed by atoms with Gasteiger partial charge >= 0.3 is 0 Å². The van der Waals surface area contributed by atoms with Gasteiger partial charge in [0.15, 0.2) is 11.6 Å². The van der Waals surface area contributed by atoms with Crippen LogP contribution in [0.4, 0.5) is 11.8 Å². The average Bonchev–Trinajstić information content (AvgIpc) is 3.36. The first kappa shape index (κ1) is 20.7. The second-order valence-electron chi connectivity index (χ2n) is 7.95. The molecule has 0 aliphatic heterocycles. The smallest absolute Gasteiger partial charge is 0.224 e. The molecular weight excluding hydrogens is 414 g/mol. The summed E-state index contributed by atoms with van der Waals surface area (Å²) < 4.78 is 3.96. The highest BCUT2D eigenvalue weighted by molar-refractivity contribution is 5.90. The first-order valence-electron chi connectivity index (χ1n) is 11.0. The van der Waals surface area contributed by atoms with Crippen molar-refractivity contribution in [1.82, 2.24) is 29.6 Å². The standard InChI is InChI=1S/C25H25N7O/c1-3-14-26-24(33)15-17-16-32(20-10-6-4-8-18(17)20)23-13-12-22(29-30-23)28-25-27-19-9-5-7-11-21(19)31(25)2/h4-13,16H,3,14-15H2,1-2H3,(H,26,33)(H,27,28,29). The normalized spacial score (nSPS) is 11.2. The third-order valence-corrected chi connectivity index (χ3v) is 5.64. The van der Waals surface area contributed by atoms with Crippen molar-refractivity contribution in [1.29, 1.82) is 0 Å². The van der Waals surface area contributed by atoms with Crippen LogP contribution >= 0.6 is 0 Å². The number of rotatable bonds is 7. The molecule has 8 nitrogen and oxygen atoms in total. The molecule has 8 heteroatoms. The number of anilines is 2. The van der Waals surface area contributed by atoms with Gasteiger partial charge in [0.1, 0.15) is 0 Å². The lowest BCUT2D eigenvalue weighted by atomic mass is 10.1. The Labute approximate surface area is 191 Å². The van der Waals surface area contributed by atoms with Gasteiger partial charge in [-0.15, -0.1) is 10.2 Å². The molecule has 0 aliphatic rings. The number of hydrogen-bond donors (Lipinski definition) is 2. The fourth-order valence-corrected chi connectivity index (χ4v) is 3.97. The van der Waals surface area contributed by atoms with Gasteiger partial charge in [-0.05, 0) is 42.3 Å². The third-order valence-electron chi connectivity index (χ3n) is 5.64. The highest BCUT2D eigenvalue weighted by Crippen LogP contribution is 2.25. The van der Waals surface area contributed by atoms with E-state index >= 15 is 0 Å². The van der Waals surface area contributed by atoms with Crippen LogP contribution in [-0.2, 0) is 18.3 Å². The molecule has 0 fully saturated rings. The second-order valence-corrected chi connectivity index (χ2v) is 7.95. The van der Waals surface area contributed by atoms with E-state index in [0.717, 1.165) is 33.9 Å². The Balaban J connectivity index is 1.42. The van der Waals surface area contributed by atoms with E-state index in [1.54, 1.807) is 0 Å². The highest BCUT2D eigenvalue weighted by Gasteiger charge is 2.14. The van der Waals surface area contributed by atoms with Crippen LogP contribution in [0.2, 0.25) is 0 Å². The third kappa shape index (κ3) is 4.03. The van der Waals surface area contributed by atoms with Crippen molar-refractivity contribution in [2.75, 3.05) is 11.9 Å². The molecule has 3 aromatic heterocycles. The van der Waals surface area contributed by atoms with Gasteiger partial charge < -0.3 is 15.2 Å². The number of carbonyl (C=O) groups is 1. The molecule has 0 atom stereocenters. The molecule has 3 heterocycles. The minimum Gasteiger partial charge on any atom is -0.356 e. The Kier molecular flexibility index (Phi) is 5.48. The summed E-state index contributed by atoms with van der Waals surface area (Å²) >= 11 is 0. The van der Waals surface area contributed by atoms with Gasteiger partial charge in [0.2, 0.25) is 11.9 Å². The van der Waals surface area contributed by atoms with Crippen LogP contribution in [0.1, 0.15) is 18.9 Å². The number of nitrogens with zero attached hydrogens (tertiary/aromatic N) is 5. The first-order valence-corrected chi connectivity index (χ1v) is 11.0. The molecule has 0 spiro atoms. The summed E-state index contributed by atoms with van der Waals surface area (Å²) in [5.74, 6) is 2.01. The molecule has 166 valence electrons. The van der Waals surface area contributed by atoms with Gasteiger partial charge in [-0.25, -0.2) is 4.98 Å². The number of aryl methyl sites for hydroxylation is 1. The zero-order chi connectivity index (χ0) is 22.8. The summed E-state index contributed by atoms with van der Waals surface area (Å²) in [4.78, 5) is 16.9. The summed E-state index contributed by atoms with van der Waals surface area (Å²) in [7, 11) is 1.96. The lowest BCUT2D eigenvalue weighted by molar-refractivity contribution is -0.120. The topological polar surface area (TPSA) is 89.7 Å². The zero-order valence-electron chi connectivity index (χ0n) is 18.6. The Morgan fingerprint density at radius 2 is 1.76 bits per heavy atom. The summed E-state index contributed by atoms with van der Waals surface area (Å²) in [5, 5.41) is 16.0. The van der Waals surface area contributed by atoms with Gasteiger partial charge in [0.25, 0.3) is 0 Å². The minimum atomic E-state index is 0.0211. The van der Waals surface area contributed by atoms with Crippen LogP contribution in [0, 0.1) is 0 Å². The van der Waals surface area contributed by atoms with Crippen molar-refractivity contribution < 1.29 is 4.79 Å². The monoisotopic (exact) mass is 439 g/mol. The number of fused-ring (bicyclic) bond motifs is 2. The number of nitrogens with one attached hydrogen (secondary N) is 2. The summed E-state index contributed by atoms with van der Waals surface area (Å²) in [6.45, 7) is 2.72. The van der Waals surface area contributed by atoms with E-state index in [2.05, 4.69) is 25.8 Å². The van der Waals surface area contributed by atoms with Crippen LogP contribution in [0.3, 0.4) is 0 Å². The van der Waals surface area contributed by atoms with Gasteiger partial charge in [0.05, 0.1) is 23.0 Å².